The third kappa shape index (κ3) is 3.20. The first-order chi connectivity index (χ1) is 13.1. The fourth-order valence-electron chi connectivity index (χ4n) is 3.65. The van der Waals surface area contributed by atoms with E-state index in [0.29, 0.717) is 5.56 Å². The third-order valence-electron chi connectivity index (χ3n) is 4.95. The summed E-state index contributed by atoms with van der Waals surface area (Å²) in [6.45, 7) is 0. The van der Waals surface area contributed by atoms with E-state index in [1.165, 1.54) is 0 Å². The predicted octanol–water partition coefficient (Wildman–Crippen LogP) is 4.50. The average molecular weight is 354 g/mol. The van der Waals surface area contributed by atoms with Crippen molar-refractivity contribution in [2.45, 2.75) is 11.8 Å². The molecule has 132 valence electrons. The summed E-state index contributed by atoms with van der Waals surface area (Å²) < 4.78 is 0. The number of carbonyl (C=O) groups is 2. The fourth-order valence-corrected chi connectivity index (χ4v) is 3.65. The predicted molar refractivity (Wildman–Crippen MR) is 104 cm³/mol. The van der Waals surface area contributed by atoms with E-state index in [-0.39, 0.29) is 22.9 Å². The van der Waals surface area contributed by atoms with Crippen molar-refractivity contribution in [1.82, 2.24) is 0 Å². The van der Waals surface area contributed by atoms with E-state index >= 15 is 0 Å². The molecule has 1 N–H and O–H groups in total. The lowest BCUT2D eigenvalue weighted by Crippen LogP contribution is -2.14. The van der Waals surface area contributed by atoms with Gasteiger partial charge < -0.3 is 5.11 Å². The first-order valence-electron chi connectivity index (χ1n) is 8.84. The van der Waals surface area contributed by atoms with Gasteiger partial charge in [-0.2, -0.15) is 0 Å². The van der Waals surface area contributed by atoms with Gasteiger partial charge in [0.05, 0.1) is 17.4 Å². The van der Waals surface area contributed by atoms with Crippen LogP contribution in [0.3, 0.4) is 0 Å². The van der Waals surface area contributed by atoms with Crippen molar-refractivity contribution in [3.8, 4) is 5.75 Å². The Morgan fingerprint density at radius 3 is 1.52 bits per heavy atom. The summed E-state index contributed by atoms with van der Waals surface area (Å²) in [5.74, 6) is -1.22. The molecular weight excluding hydrogens is 336 g/mol. The van der Waals surface area contributed by atoms with Crippen LogP contribution in [0.15, 0.2) is 90.5 Å². The second-order valence-electron chi connectivity index (χ2n) is 6.65. The van der Waals surface area contributed by atoms with Gasteiger partial charge in [0.25, 0.3) is 0 Å². The van der Waals surface area contributed by atoms with Crippen LogP contribution in [0.25, 0.3) is 6.08 Å². The monoisotopic (exact) mass is 354 g/mol. The molecule has 0 bridgehead atoms. The molecule has 3 heteroatoms. The van der Waals surface area contributed by atoms with Crippen molar-refractivity contribution in [1.29, 1.82) is 0 Å². The van der Waals surface area contributed by atoms with Gasteiger partial charge in [0, 0.05) is 0 Å². The number of phenolic OH excluding ortho intramolecular Hbond substituents is 1. The molecule has 1 aliphatic rings. The summed E-state index contributed by atoms with van der Waals surface area (Å²) >= 11 is 0. The van der Waals surface area contributed by atoms with Gasteiger partial charge in [0.2, 0.25) is 0 Å². The smallest absolute Gasteiger partial charge is 0.175 e. The maximum absolute atomic E-state index is 13.2. The molecular formula is C24H18O3. The Bertz CT molecular complexity index is 943. The van der Waals surface area contributed by atoms with E-state index in [0.717, 1.165) is 11.1 Å². The van der Waals surface area contributed by atoms with Gasteiger partial charge in [-0.25, -0.2) is 0 Å². The van der Waals surface area contributed by atoms with Crippen LogP contribution in [0.5, 0.6) is 5.75 Å². The van der Waals surface area contributed by atoms with Crippen molar-refractivity contribution in [2.24, 2.45) is 0 Å². The number of Topliss-reactive ketones (excluding diaryl/α,β-unsaturated/α-hetero) is 2. The normalized spacial score (nSPS) is 19.3. The van der Waals surface area contributed by atoms with E-state index in [1.54, 1.807) is 30.3 Å². The molecule has 3 aromatic carbocycles. The van der Waals surface area contributed by atoms with Crippen LogP contribution in [0.4, 0.5) is 0 Å². The first-order valence-corrected chi connectivity index (χ1v) is 8.84. The van der Waals surface area contributed by atoms with Gasteiger partial charge in [0.15, 0.2) is 11.6 Å². The number of hydrogen-bond acceptors (Lipinski definition) is 3. The minimum absolute atomic E-state index is 0.144. The lowest BCUT2D eigenvalue weighted by atomic mass is 9.83. The summed E-state index contributed by atoms with van der Waals surface area (Å²) in [4.78, 5) is 26.5. The van der Waals surface area contributed by atoms with Gasteiger partial charge in [-0.3, -0.25) is 9.59 Å². The molecule has 2 unspecified atom stereocenters. The molecule has 0 aliphatic heterocycles. The quantitative estimate of drug-likeness (QED) is 0.557. The lowest BCUT2D eigenvalue weighted by Gasteiger charge is -2.17. The maximum atomic E-state index is 13.2. The molecule has 0 heterocycles. The minimum atomic E-state index is -0.524. The maximum Gasteiger partial charge on any atom is 0.175 e. The van der Waals surface area contributed by atoms with Gasteiger partial charge in [0.1, 0.15) is 5.75 Å². The van der Waals surface area contributed by atoms with E-state index in [1.807, 2.05) is 60.7 Å². The minimum Gasteiger partial charge on any atom is -0.508 e. The van der Waals surface area contributed by atoms with Crippen LogP contribution in [0.2, 0.25) is 0 Å². The van der Waals surface area contributed by atoms with Crippen LogP contribution in [0.1, 0.15) is 28.5 Å². The van der Waals surface area contributed by atoms with Crippen LogP contribution < -0.4 is 0 Å². The van der Waals surface area contributed by atoms with E-state index in [2.05, 4.69) is 0 Å². The highest BCUT2D eigenvalue weighted by atomic mass is 16.3. The zero-order chi connectivity index (χ0) is 18.8. The number of aromatic hydroxyl groups is 1. The molecule has 0 amide bonds. The Morgan fingerprint density at radius 2 is 1.07 bits per heavy atom. The summed E-state index contributed by atoms with van der Waals surface area (Å²) in [6, 6.07) is 25.4. The zero-order valence-corrected chi connectivity index (χ0v) is 14.6. The van der Waals surface area contributed by atoms with Crippen molar-refractivity contribution in [3.05, 3.63) is 107 Å². The molecule has 1 fully saturated rings. The molecule has 0 radical (unpaired) electrons. The van der Waals surface area contributed by atoms with Crippen molar-refractivity contribution in [3.63, 3.8) is 0 Å². The molecule has 4 rings (SSSR count). The molecule has 2 atom stereocenters. The SMILES string of the molecule is O=C1C(=Cc2ccc(O)cc2)C(=O)C(c2ccccc2)C1c1ccccc1. The Kier molecular flexibility index (Phi) is 4.43. The van der Waals surface area contributed by atoms with E-state index in [4.69, 9.17) is 0 Å². The van der Waals surface area contributed by atoms with E-state index < -0.39 is 11.8 Å². The Hall–Kier alpha value is -3.46. The molecule has 1 aliphatic carbocycles. The molecule has 0 aromatic heterocycles. The number of rotatable bonds is 3. The molecule has 1 saturated carbocycles. The molecule has 0 saturated heterocycles. The number of hydrogen-bond donors (Lipinski definition) is 1. The Morgan fingerprint density at radius 1 is 0.630 bits per heavy atom. The van der Waals surface area contributed by atoms with Crippen LogP contribution >= 0.6 is 0 Å². The van der Waals surface area contributed by atoms with Crippen LogP contribution in [-0.4, -0.2) is 16.7 Å². The number of allylic oxidation sites excluding steroid dienone is 1. The fraction of sp³-hybridized carbons (Fsp3) is 0.0833. The second-order valence-corrected chi connectivity index (χ2v) is 6.65. The first kappa shape index (κ1) is 17.0. The molecule has 3 aromatic rings. The molecule has 0 spiro atoms. The Labute approximate surface area is 157 Å². The standard InChI is InChI=1S/C24H18O3/c25-19-13-11-16(12-14-19)15-20-23(26)21(17-7-3-1-4-8-17)22(24(20)27)18-9-5-2-6-10-18/h1-15,21-22,25H. The van der Waals surface area contributed by atoms with Crippen molar-refractivity contribution in [2.75, 3.05) is 0 Å². The largest absolute Gasteiger partial charge is 0.508 e. The summed E-state index contributed by atoms with van der Waals surface area (Å²) in [6.07, 6.45) is 1.63. The highest BCUT2D eigenvalue weighted by molar-refractivity contribution is 6.33. The summed E-state index contributed by atoms with van der Waals surface area (Å²) in [5, 5.41) is 9.45. The van der Waals surface area contributed by atoms with Crippen LogP contribution in [0, 0.1) is 0 Å². The highest BCUT2D eigenvalue weighted by Gasteiger charge is 2.46. The lowest BCUT2D eigenvalue weighted by molar-refractivity contribution is -0.116. The van der Waals surface area contributed by atoms with Crippen LogP contribution in [-0.2, 0) is 9.59 Å². The number of ketones is 2. The molecule has 3 nitrogen and oxygen atoms in total. The number of phenols is 1. The van der Waals surface area contributed by atoms with Gasteiger partial charge in [-0.05, 0) is 34.9 Å². The molecule has 27 heavy (non-hydrogen) atoms. The number of carbonyl (C=O) groups excluding carboxylic acids is 2. The van der Waals surface area contributed by atoms with Gasteiger partial charge >= 0.3 is 0 Å². The van der Waals surface area contributed by atoms with Gasteiger partial charge in [-0.1, -0.05) is 72.8 Å². The van der Waals surface area contributed by atoms with E-state index in [9.17, 15) is 14.7 Å². The number of benzene rings is 3. The summed E-state index contributed by atoms with van der Waals surface area (Å²) in [5.41, 5.74) is 2.62. The highest BCUT2D eigenvalue weighted by Crippen LogP contribution is 2.44. The Balaban J connectivity index is 1.83. The summed E-state index contributed by atoms with van der Waals surface area (Å²) in [7, 11) is 0. The van der Waals surface area contributed by atoms with Crippen molar-refractivity contribution >= 4 is 17.6 Å². The second kappa shape index (κ2) is 7.04. The zero-order valence-electron chi connectivity index (χ0n) is 14.6. The van der Waals surface area contributed by atoms with Crippen molar-refractivity contribution < 1.29 is 14.7 Å². The third-order valence-corrected chi connectivity index (χ3v) is 4.95. The van der Waals surface area contributed by atoms with Gasteiger partial charge in [-0.15, -0.1) is 0 Å². The average Bonchev–Trinajstić information content (AvgIpc) is 2.95. The topological polar surface area (TPSA) is 54.4 Å².